The molecule has 4 aromatic carbocycles. The average molecular weight is 748 g/mol. The molecule has 278 valence electrons. The lowest BCUT2D eigenvalue weighted by molar-refractivity contribution is -0.192. The molecule has 2 aliphatic heterocycles. The molecule has 2 fully saturated rings. The van der Waals surface area contributed by atoms with E-state index >= 15 is 8.78 Å². The van der Waals surface area contributed by atoms with Crippen molar-refractivity contribution in [3.8, 4) is 16.9 Å². The quantitative estimate of drug-likeness (QED) is 0.159. The molecule has 3 atom stereocenters. The number of halogens is 5. The van der Waals surface area contributed by atoms with E-state index in [-0.39, 0.29) is 29.1 Å². The molecule has 0 spiro atoms. The number of rotatable bonds is 9. The number of aliphatic carboxylic acids is 1. The number of benzene rings is 4. The molecule has 2 aliphatic rings. The second-order valence-electron chi connectivity index (χ2n) is 13.1. The van der Waals surface area contributed by atoms with Gasteiger partial charge in [-0.25, -0.2) is 13.2 Å². The number of fused-ring (bicyclic) bond motifs is 3. The van der Waals surface area contributed by atoms with E-state index in [2.05, 4.69) is 4.72 Å². The van der Waals surface area contributed by atoms with E-state index in [1.807, 2.05) is 44.2 Å². The van der Waals surface area contributed by atoms with Crippen LogP contribution in [0.25, 0.3) is 21.9 Å². The lowest BCUT2D eigenvalue weighted by Crippen LogP contribution is -2.60. The molecule has 15 heteroatoms. The summed E-state index contributed by atoms with van der Waals surface area (Å²) in [6.07, 6.45) is -2.84. The van der Waals surface area contributed by atoms with Crippen molar-refractivity contribution in [2.45, 2.75) is 86.8 Å². The molecule has 4 aromatic rings. The standard InChI is InChI=1S/C35H37F2N3O4S.C2HF3O2/c1-22(2)44-31-16-10-26-19-32(17-11-25(26)18-31)45(42,43)39-33(34(41)40-29-14-15-30(40)21-28(38)20-29)35(36,37)27-12-8-24(9-13-27)23-6-4-3-5-7-23;3-2(4,5)1(6)7/h3-13,16-19,22,28-30,33,39H,14-15,20-21,38H2,1-2H3;(H,6,7)/t28?,29?,30?,33-;/m1./s1. The van der Waals surface area contributed by atoms with Gasteiger partial charge in [0.05, 0.1) is 11.0 Å². The molecular formula is C37H38F5N3O6S. The number of carboxylic acids is 1. The first-order valence-corrected chi connectivity index (χ1v) is 18.0. The van der Waals surface area contributed by atoms with Crippen LogP contribution >= 0.6 is 0 Å². The third-order valence-electron chi connectivity index (χ3n) is 8.99. The van der Waals surface area contributed by atoms with Crippen molar-refractivity contribution in [3.05, 3.63) is 96.6 Å². The van der Waals surface area contributed by atoms with Gasteiger partial charge in [-0.2, -0.15) is 26.7 Å². The Labute approximate surface area is 297 Å². The normalized spacial score (nSPS) is 19.6. The Morgan fingerprint density at radius 1 is 0.846 bits per heavy atom. The van der Waals surface area contributed by atoms with Gasteiger partial charge < -0.3 is 20.5 Å². The lowest BCUT2D eigenvalue weighted by Gasteiger charge is -2.41. The fraction of sp³-hybridized carbons (Fsp3) is 0.351. The summed E-state index contributed by atoms with van der Waals surface area (Å²) in [6.45, 7) is 3.81. The molecular weight excluding hydrogens is 709 g/mol. The maximum Gasteiger partial charge on any atom is 0.490 e. The molecule has 52 heavy (non-hydrogen) atoms. The monoisotopic (exact) mass is 747 g/mol. The van der Waals surface area contributed by atoms with Crippen LogP contribution in [0.1, 0.15) is 45.1 Å². The van der Waals surface area contributed by atoms with Crippen LogP contribution in [-0.4, -0.2) is 66.7 Å². The number of carboxylic acid groups (broad SMARTS) is 1. The van der Waals surface area contributed by atoms with Crippen LogP contribution in [0.5, 0.6) is 5.75 Å². The van der Waals surface area contributed by atoms with Crippen LogP contribution in [-0.2, 0) is 25.5 Å². The molecule has 0 saturated carbocycles. The number of ether oxygens (including phenoxy) is 1. The number of piperidine rings is 1. The highest BCUT2D eigenvalue weighted by molar-refractivity contribution is 7.89. The molecule has 4 N–H and O–H groups in total. The zero-order valence-corrected chi connectivity index (χ0v) is 29.0. The zero-order chi connectivity index (χ0) is 38.0. The molecule has 2 unspecified atom stereocenters. The molecule has 2 heterocycles. The molecule has 2 bridgehead atoms. The van der Waals surface area contributed by atoms with E-state index in [0.717, 1.165) is 16.5 Å². The zero-order valence-electron chi connectivity index (χ0n) is 28.2. The van der Waals surface area contributed by atoms with Crippen LogP contribution in [0, 0.1) is 0 Å². The van der Waals surface area contributed by atoms with Crippen LogP contribution in [0.4, 0.5) is 22.0 Å². The highest BCUT2D eigenvalue weighted by atomic mass is 32.2. The number of amides is 1. The minimum absolute atomic E-state index is 0.0390. The maximum atomic E-state index is 16.5. The largest absolute Gasteiger partial charge is 0.491 e. The number of carbonyl (C=O) groups excluding carboxylic acids is 1. The Balaban J connectivity index is 0.000000679. The van der Waals surface area contributed by atoms with Gasteiger partial charge in [0, 0.05) is 23.7 Å². The summed E-state index contributed by atoms with van der Waals surface area (Å²) in [6, 6.07) is 21.4. The van der Waals surface area contributed by atoms with Crippen LogP contribution in [0.2, 0.25) is 0 Å². The van der Waals surface area contributed by atoms with Crippen molar-refractivity contribution in [1.29, 1.82) is 0 Å². The van der Waals surface area contributed by atoms with E-state index in [1.165, 1.54) is 29.2 Å². The summed E-state index contributed by atoms with van der Waals surface area (Å²) in [5.41, 5.74) is 7.30. The highest BCUT2D eigenvalue weighted by Gasteiger charge is 2.53. The van der Waals surface area contributed by atoms with Crippen molar-refractivity contribution in [2.24, 2.45) is 5.73 Å². The summed E-state index contributed by atoms with van der Waals surface area (Å²) in [7, 11) is -4.56. The number of sulfonamides is 1. The second-order valence-corrected chi connectivity index (χ2v) is 14.8. The fourth-order valence-corrected chi connectivity index (χ4v) is 7.85. The van der Waals surface area contributed by atoms with Crippen LogP contribution < -0.4 is 15.2 Å². The predicted octanol–water partition coefficient (Wildman–Crippen LogP) is 6.85. The van der Waals surface area contributed by atoms with Crippen molar-refractivity contribution >= 4 is 32.7 Å². The molecule has 1 amide bonds. The topological polar surface area (TPSA) is 139 Å². The van der Waals surface area contributed by atoms with Crippen LogP contribution in [0.3, 0.4) is 0 Å². The van der Waals surface area contributed by atoms with E-state index in [9.17, 15) is 26.4 Å². The first-order chi connectivity index (χ1) is 24.4. The number of nitrogens with one attached hydrogen (secondary N) is 1. The molecule has 2 saturated heterocycles. The van der Waals surface area contributed by atoms with Crippen molar-refractivity contribution in [3.63, 3.8) is 0 Å². The molecule has 0 radical (unpaired) electrons. The van der Waals surface area contributed by atoms with Crippen molar-refractivity contribution in [1.82, 2.24) is 9.62 Å². The van der Waals surface area contributed by atoms with Gasteiger partial charge in [0.25, 0.3) is 5.92 Å². The minimum Gasteiger partial charge on any atom is -0.491 e. The summed E-state index contributed by atoms with van der Waals surface area (Å²) in [5, 5.41) is 8.44. The number of nitrogens with zero attached hydrogens (tertiary/aromatic N) is 1. The Kier molecular flexibility index (Phi) is 11.3. The first kappa shape index (κ1) is 38.6. The number of carbonyl (C=O) groups is 2. The van der Waals surface area contributed by atoms with Gasteiger partial charge >= 0.3 is 12.1 Å². The second kappa shape index (κ2) is 15.2. The molecule has 0 aliphatic carbocycles. The van der Waals surface area contributed by atoms with Gasteiger partial charge in [0.1, 0.15) is 5.75 Å². The van der Waals surface area contributed by atoms with E-state index < -0.39 is 45.6 Å². The summed E-state index contributed by atoms with van der Waals surface area (Å²) in [4.78, 5) is 24.2. The van der Waals surface area contributed by atoms with Gasteiger partial charge in [-0.1, -0.05) is 66.7 Å². The predicted molar refractivity (Wildman–Crippen MR) is 184 cm³/mol. The fourth-order valence-electron chi connectivity index (χ4n) is 6.63. The third kappa shape index (κ3) is 8.70. The summed E-state index contributed by atoms with van der Waals surface area (Å²) < 4.78 is 100. The van der Waals surface area contributed by atoms with E-state index in [1.54, 1.807) is 36.4 Å². The van der Waals surface area contributed by atoms with Gasteiger partial charge in [-0.05, 0) is 85.7 Å². The summed E-state index contributed by atoms with van der Waals surface area (Å²) in [5.74, 6) is -6.93. The third-order valence-corrected chi connectivity index (χ3v) is 10.4. The average Bonchev–Trinajstić information content (AvgIpc) is 3.36. The molecule has 6 rings (SSSR count). The van der Waals surface area contributed by atoms with Crippen LogP contribution in [0.15, 0.2) is 95.9 Å². The highest BCUT2D eigenvalue weighted by Crippen LogP contribution is 2.40. The number of hydrogen-bond donors (Lipinski definition) is 3. The number of nitrogens with two attached hydrogens (primary N) is 1. The smallest absolute Gasteiger partial charge is 0.490 e. The van der Waals surface area contributed by atoms with Gasteiger partial charge in [-0.15, -0.1) is 0 Å². The van der Waals surface area contributed by atoms with Gasteiger partial charge in [0.2, 0.25) is 15.9 Å². The molecule has 9 nitrogen and oxygen atoms in total. The first-order valence-electron chi connectivity index (χ1n) is 16.5. The Morgan fingerprint density at radius 3 is 1.94 bits per heavy atom. The molecule has 0 aromatic heterocycles. The lowest BCUT2D eigenvalue weighted by atomic mass is 9.94. The van der Waals surface area contributed by atoms with E-state index in [4.69, 9.17) is 20.4 Å². The van der Waals surface area contributed by atoms with E-state index in [0.29, 0.717) is 36.8 Å². The Morgan fingerprint density at radius 2 is 1.38 bits per heavy atom. The van der Waals surface area contributed by atoms with Crippen molar-refractivity contribution < 1.29 is 49.8 Å². The Bertz CT molecular complexity index is 2000. The Hall–Kier alpha value is -4.60. The van der Waals surface area contributed by atoms with Crippen molar-refractivity contribution in [2.75, 3.05) is 0 Å². The number of alkyl halides is 5. The maximum absolute atomic E-state index is 16.5. The minimum atomic E-state index is -5.08. The van der Waals surface area contributed by atoms with Gasteiger partial charge in [0.15, 0.2) is 6.04 Å². The number of hydrogen-bond acceptors (Lipinski definition) is 6. The summed E-state index contributed by atoms with van der Waals surface area (Å²) >= 11 is 0. The van der Waals surface area contributed by atoms with Gasteiger partial charge in [-0.3, -0.25) is 4.79 Å². The SMILES string of the molecule is CC(C)Oc1ccc2cc(S(=O)(=O)N[C@H](C(=O)N3C4CCC3CC(N)C4)C(F)(F)c3ccc(-c4ccccc4)cc3)ccc2c1.O=C(O)C(F)(F)F.